The lowest BCUT2D eigenvalue weighted by Crippen LogP contribution is -2.34. The molecule has 1 aliphatic carbocycles. The molecule has 2 fully saturated rings. The fourth-order valence-corrected chi connectivity index (χ4v) is 5.52. The number of nitrogens with one attached hydrogen (secondary N) is 1. The van der Waals surface area contributed by atoms with Crippen LogP contribution in [-0.2, 0) is 16.0 Å². The Hall–Kier alpha value is -1.99. The Morgan fingerprint density at radius 2 is 1.63 bits per heavy atom. The number of anilines is 2. The van der Waals surface area contributed by atoms with Crippen molar-refractivity contribution in [2.24, 2.45) is 11.8 Å². The summed E-state index contributed by atoms with van der Waals surface area (Å²) in [7, 11) is 0. The van der Waals surface area contributed by atoms with Crippen molar-refractivity contribution in [1.29, 1.82) is 0 Å². The summed E-state index contributed by atoms with van der Waals surface area (Å²) in [5.41, 5.74) is 2.67. The SMILES string of the molecule is CCc1ccccc1NC(=O)c1cccc(N2C(=O)[C@@H]3C[C@H](Br)[C@@H](Br)C[C@H]3C2=O)c1. The van der Waals surface area contributed by atoms with Crippen LogP contribution in [0, 0.1) is 11.8 Å². The van der Waals surface area contributed by atoms with Crippen LogP contribution in [0.2, 0.25) is 0 Å². The largest absolute Gasteiger partial charge is 0.322 e. The summed E-state index contributed by atoms with van der Waals surface area (Å²) in [6.45, 7) is 2.03. The van der Waals surface area contributed by atoms with Gasteiger partial charge in [0.2, 0.25) is 11.8 Å². The van der Waals surface area contributed by atoms with Gasteiger partial charge in [0, 0.05) is 20.9 Å². The maximum atomic E-state index is 13.0. The number of nitrogens with zero attached hydrogens (tertiary/aromatic N) is 1. The molecule has 156 valence electrons. The first-order chi connectivity index (χ1) is 14.4. The number of rotatable bonds is 4. The molecule has 4 atom stereocenters. The molecule has 7 heteroatoms. The number of para-hydroxylation sites is 1. The van der Waals surface area contributed by atoms with E-state index in [-0.39, 0.29) is 39.2 Å². The summed E-state index contributed by atoms with van der Waals surface area (Å²) >= 11 is 7.21. The summed E-state index contributed by atoms with van der Waals surface area (Å²) in [5, 5.41) is 2.94. The van der Waals surface area contributed by atoms with Gasteiger partial charge in [-0.2, -0.15) is 0 Å². The van der Waals surface area contributed by atoms with Crippen LogP contribution in [0.3, 0.4) is 0 Å². The Bertz CT molecular complexity index is 981. The maximum absolute atomic E-state index is 13.0. The number of carbonyl (C=O) groups excluding carboxylic acids is 3. The first kappa shape index (κ1) is 21.2. The Labute approximate surface area is 192 Å². The van der Waals surface area contributed by atoms with Crippen LogP contribution < -0.4 is 10.2 Å². The van der Waals surface area contributed by atoms with Crippen molar-refractivity contribution in [3.05, 3.63) is 59.7 Å². The van der Waals surface area contributed by atoms with E-state index in [1.54, 1.807) is 24.3 Å². The van der Waals surface area contributed by atoms with Crippen LogP contribution in [0.25, 0.3) is 0 Å². The van der Waals surface area contributed by atoms with Crippen molar-refractivity contribution >= 4 is 61.0 Å². The molecule has 3 amide bonds. The number of carbonyl (C=O) groups is 3. The first-order valence-corrected chi connectivity index (χ1v) is 11.9. The number of halogens is 2. The number of alkyl halides is 2. The standard InChI is InChI=1S/C23H22Br2N2O3/c1-2-13-6-3-4-9-20(13)26-21(28)14-7-5-8-15(10-14)27-22(29)16-11-18(24)19(25)12-17(16)23(27)30/h3-10,16-19H,2,11-12H2,1H3,(H,26,28)/t16-,17-,18+,19+/m1/s1. The van der Waals surface area contributed by atoms with Gasteiger partial charge in [-0.1, -0.05) is 63.0 Å². The number of fused-ring (bicyclic) bond motifs is 1. The van der Waals surface area contributed by atoms with Crippen molar-refractivity contribution in [3.8, 4) is 0 Å². The number of aryl methyl sites for hydroxylation is 1. The second kappa shape index (κ2) is 8.63. The minimum Gasteiger partial charge on any atom is -0.322 e. The topological polar surface area (TPSA) is 66.5 Å². The van der Waals surface area contributed by atoms with Gasteiger partial charge in [0.15, 0.2) is 0 Å². The molecular weight excluding hydrogens is 512 g/mol. The van der Waals surface area contributed by atoms with Gasteiger partial charge in [-0.15, -0.1) is 0 Å². The summed E-state index contributed by atoms with van der Waals surface area (Å²) in [4.78, 5) is 40.5. The highest BCUT2D eigenvalue weighted by atomic mass is 79.9. The van der Waals surface area contributed by atoms with E-state index in [9.17, 15) is 14.4 Å². The van der Waals surface area contributed by atoms with E-state index < -0.39 is 0 Å². The Balaban J connectivity index is 1.58. The van der Waals surface area contributed by atoms with E-state index in [2.05, 4.69) is 37.2 Å². The van der Waals surface area contributed by atoms with E-state index in [0.29, 0.717) is 24.1 Å². The molecule has 30 heavy (non-hydrogen) atoms. The molecule has 0 spiro atoms. The lowest BCUT2D eigenvalue weighted by molar-refractivity contribution is -0.122. The van der Waals surface area contributed by atoms with Gasteiger partial charge in [-0.05, 0) is 49.1 Å². The van der Waals surface area contributed by atoms with Crippen LogP contribution in [0.1, 0.15) is 35.7 Å². The number of benzene rings is 2. The minimum atomic E-state index is -0.315. The third-order valence-electron chi connectivity index (χ3n) is 5.92. The van der Waals surface area contributed by atoms with Gasteiger partial charge in [-0.3, -0.25) is 19.3 Å². The summed E-state index contributed by atoms with van der Waals surface area (Å²) < 4.78 is 0. The van der Waals surface area contributed by atoms with Crippen LogP contribution in [0.4, 0.5) is 11.4 Å². The Morgan fingerprint density at radius 1 is 1.00 bits per heavy atom. The van der Waals surface area contributed by atoms with Gasteiger partial charge < -0.3 is 5.32 Å². The quantitative estimate of drug-likeness (QED) is 0.447. The molecule has 1 aliphatic heterocycles. The van der Waals surface area contributed by atoms with Crippen molar-refractivity contribution in [3.63, 3.8) is 0 Å². The molecule has 5 nitrogen and oxygen atoms in total. The summed E-state index contributed by atoms with van der Waals surface area (Å²) in [5.74, 6) is -1.25. The highest BCUT2D eigenvalue weighted by Crippen LogP contribution is 2.44. The Kier molecular flexibility index (Phi) is 6.11. The predicted octanol–water partition coefficient (Wildman–Crippen LogP) is 4.93. The molecule has 4 rings (SSSR count). The van der Waals surface area contributed by atoms with Crippen molar-refractivity contribution in [1.82, 2.24) is 0 Å². The average Bonchev–Trinajstić information content (AvgIpc) is 2.98. The van der Waals surface area contributed by atoms with Crippen LogP contribution in [-0.4, -0.2) is 27.4 Å². The number of imide groups is 1. The molecule has 1 saturated carbocycles. The average molecular weight is 534 g/mol. The maximum Gasteiger partial charge on any atom is 0.255 e. The second-order valence-electron chi connectivity index (χ2n) is 7.74. The normalized spacial score (nSPS) is 25.9. The highest BCUT2D eigenvalue weighted by molar-refractivity contribution is 9.12. The van der Waals surface area contributed by atoms with Crippen molar-refractivity contribution in [2.75, 3.05) is 10.2 Å². The molecule has 1 heterocycles. The summed E-state index contributed by atoms with van der Waals surface area (Å²) in [6, 6.07) is 14.4. The zero-order valence-corrected chi connectivity index (χ0v) is 19.6. The smallest absolute Gasteiger partial charge is 0.255 e. The van der Waals surface area contributed by atoms with E-state index in [1.807, 2.05) is 31.2 Å². The fraction of sp³-hybridized carbons (Fsp3) is 0.348. The minimum absolute atomic E-state index is 0.159. The van der Waals surface area contributed by atoms with Gasteiger partial charge in [0.05, 0.1) is 17.5 Å². The third-order valence-corrected chi connectivity index (χ3v) is 8.66. The molecule has 2 aliphatic rings. The molecule has 2 aromatic carbocycles. The van der Waals surface area contributed by atoms with Crippen LogP contribution >= 0.6 is 31.9 Å². The third kappa shape index (κ3) is 3.85. The van der Waals surface area contributed by atoms with Gasteiger partial charge in [-0.25, -0.2) is 0 Å². The molecule has 0 unspecified atom stereocenters. The lowest BCUT2D eigenvalue weighted by Gasteiger charge is -2.29. The summed E-state index contributed by atoms with van der Waals surface area (Å²) in [6.07, 6.45) is 2.05. The first-order valence-electron chi connectivity index (χ1n) is 10.1. The molecule has 1 N–H and O–H groups in total. The molecule has 2 aromatic rings. The van der Waals surface area contributed by atoms with Gasteiger partial charge in [0.1, 0.15) is 0 Å². The van der Waals surface area contributed by atoms with Crippen molar-refractivity contribution in [2.45, 2.75) is 35.8 Å². The van der Waals surface area contributed by atoms with E-state index >= 15 is 0 Å². The van der Waals surface area contributed by atoms with Crippen LogP contribution in [0.5, 0.6) is 0 Å². The predicted molar refractivity (Wildman–Crippen MR) is 124 cm³/mol. The van der Waals surface area contributed by atoms with Gasteiger partial charge >= 0.3 is 0 Å². The molecule has 1 saturated heterocycles. The Morgan fingerprint density at radius 3 is 2.27 bits per heavy atom. The van der Waals surface area contributed by atoms with Crippen LogP contribution in [0.15, 0.2) is 48.5 Å². The second-order valence-corrected chi connectivity index (χ2v) is 10.1. The van der Waals surface area contributed by atoms with Crippen molar-refractivity contribution < 1.29 is 14.4 Å². The number of amides is 3. The van der Waals surface area contributed by atoms with Gasteiger partial charge in [0.25, 0.3) is 5.91 Å². The molecular formula is C23H22Br2N2O3. The van der Waals surface area contributed by atoms with E-state index in [1.165, 1.54) is 4.90 Å². The number of hydrogen-bond acceptors (Lipinski definition) is 3. The zero-order chi connectivity index (χ0) is 21.4. The zero-order valence-electron chi connectivity index (χ0n) is 16.5. The molecule has 0 bridgehead atoms. The highest BCUT2D eigenvalue weighted by Gasteiger charge is 2.52. The molecule has 0 aromatic heterocycles. The fourth-order valence-electron chi connectivity index (χ4n) is 4.28. The number of hydrogen-bond donors (Lipinski definition) is 1. The monoisotopic (exact) mass is 532 g/mol. The van der Waals surface area contributed by atoms with E-state index in [0.717, 1.165) is 17.7 Å². The lowest BCUT2D eigenvalue weighted by atomic mass is 9.81. The van der Waals surface area contributed by atoms with E-state index in [4.69, 9.17) is 0 Å². The molecule has 0 radical (unpaired) electrons.